The molecule has 1 unspecified atom stereocenters. The van der Waals surface area contributed by atoms with Crippen molar-refractivity contribution in [2.24, 2.45) is 0 Å². The number of hydrogen-bond donors (Lipinski definition) is 0. The fourth-order valence-electron chi connectivity index (χ4n) is 2.16. The molecule has 6 nitrogen and oxygen atoms in total. The third kappa shape index (κ3) is 4.18. The highest BCUT2D eigenvalue weighted by molar-refractivity contribution is 7.89. The normalized spacial score (nSPS) is 14.2. The second kappa shape index (κ2) is 7.40. The van der Waals surface area contributed by atoms with Gasteiger partial charge in [-0.1, -0.05) is 6.92 Å². The maximum atomic E-state index is 12.6. The Morgan fingerprint density at radius 3 is 2.60 bits per heavy atom. The minimum absolute atomic E-state index is 0.101. The van der Waals surface area contributed by atoms with Crippen molar-refractivity contribution in [2.45, 2.75) is 31.3 Å². The summed E-state index contributed by atoms with van der Waals surface area (Å²) in [4.78, 5) is 2.19. The summed E-state index contributed by atoms with van der Waals surface area (Å²) in [6.07, 6.45) is 2.91. The Hall–Kier alpha value is -0.630. The van der Waals surface area contributed by atoms with E-state index in [4.69, 9.17) is 11.6 Å². The van der Waals surface area contributed by atoms with E-state index in [0.717, 1.165) is 0 Å². The summed E-state index contributed by atoms with van der Waals surface area (Å²) in [6, 6.07) is -0.101. The molecule has 0 aliphatic carbocycles. The summed E-state index contributed by atoms with van der Waals surface area (Å²) < 4.78 is 28.3. The topological polar surface area (TPSA) is 58.4 Å². The quantitative estimate of drug-likeness (QED) is 0.672. The summed E-state index contributed by atoms with van der Waals surface area (Å²) >= 11 is 5.63. The van der Waals surface area contributed by atoms with Crippen LogP contribution in [0.3, 0.4) is 0 Å². The Labute approximate surface area is 126 Å². The van der Waals surface area contributed by atoms with Gasteiger partial charge in [0.2, 0.25) is 10.0 Å². The van der Waals surface area contributed by atoms with E-state index in [2.05, 4.69) is 5.10 Å². The van der Waals surface area contributed by atoms with Gasteiger partial charge in [-0.3, -0.25) is 4.68 Å². The van der Waals surface area contributed by atoms with Crippen molar-refractivity contribution in [3.05, 3.63) is 12.4 Å². The Kier molecular flexibility index (Phi) is 6.44. The first-order chi connectivity index (χ1) is 9.32. The number of rotatable bonds is 8. The first-order valence-electron chi connectivity index (χ1n) is 6.58. The molecule has 0 aliphatic heterocycles. The summed E-state index contributed by atoms with van der Waals surface area (Å²) in [5, 5.41) is 4.03. The molecule has 0 bridgehead atoms. The van der Waals surface area contributed by atoms with Gasteiger partial charge in [0.15, 0.2) is 0 Å². The van der Waals surface area contributed by atoms with E-state index >= 15 is 0 Å². The largest absolute Gasteiger partial charge is 0.308 e. The van der Waals surface area contributed by atoms with E-state index < -0.39 is 10.0 Å². The van der Waals surface area contributed by atoms with Gasteiger partial charge in [-0.05, 0) is 21.0 Å². The van der Waals surface area contributed by atoms with Gasteiger partial charge < -0.3 is 4.90 Å². The second-order valence-electron chi connectivity index (χ2n) is 4.95. The van der Waals surface area contributed by atoms with Crippen molar-refractivity contribution in [3.63, 3.8) is 0 Å². The Morgan fingerprint density at radius 1 is 1.45 bits per heavy atom. The Morgan fingerprint density at radius 2 is 2.10 bits per heavy atom. The first-order valence-corrected chi connectivity index (χ1v) is 8.55. The molecule has 1 aromatic rings. The minimum Gasteiger partial charge on any atom is -0.308 e. The van der Waals surface area contributed by atoms with Crippen molar-refractivity contribution in [2.75, 3.05) is 33.1 Å². The highest BCUT2D eigenvalue weighted by Gasteiger charge is 2.29. The molecule has 0 saturated carbocycles. The fourth-order valence-corrected chi connectivity index (χ4v) is 3.92. The predicted molar refractivity (Wildman–Crippen MR) is 80.5 cm³/mol. The van der Waals surface area contributed by atoms with Crippen molar-refractivity contribution in [1.29, 1.82) is 0 Å². The lowest BCUT2D eigenvalue weighted by molar-refractivity contribution is 0.271. The van der Waals surface area contributed by atoms with Crippen molar-refractivity contribution in [3.8, 4) is 0 Å². The first kappa shape index (κ1) is 17.4. The van der Waals surface area contributed by atoms with Crippen LogP contribution in [0.15, 0.2) is 17.3 Å². The van der Waals surface area contributed by atoms with E-state index in [9.17, 15) is 8.42 Å². The third-order valence-corrected chi connectivity index (χ3v) is 5.17. The van der Waals surface area contributed by atoms with Gasteiger partial charge in [0.1, 0.15) is 4.90 Å². The zero-order valence-corrected chi connectivity index (χ0v) is 14.0. The van der Waals surface area contributed by atoms with Crippen LogP contribution in [0.4, 0.5) is 0 Å². The molecule has 1 rings (SSSR count). The van der Waals surface area contributed by atoms with Gasteiger partial charge in [-0.15, -0.1) is 11.6 Å². The van der Waals surface area contributed by atoms with Crippen LogP contribution in [-0.2, 0) is 16.6 Å². The average Bonchev–Trinajstić information content (AvgIpc) is 2.78. The Bertz CT molecular complexity index is 515. The van der Waals surface area contributed by atoms with Gasteiger partial charge in [0.25, 0.3) is 0 Å². The zero-order chi connectivity index (χ0) is 15.3. The molecular weight excluding hydrogens is 300 g/mol. The van der Waals surface area contributed by atoms with Crippen molar-refractivity contribution < 1.29 is 8.42 Å². The summed E-state index contributed by atoms with van der Waals surface area (Å²) in [6.45, 7) is 5.34. The molecule has 0 saturated heterocycles. The third-order valence-electron chi connectivity index (χ3n) is 2.96. The van der Waals surface area contributed by atoms with Gasteiger partial charge in [-0.2, -0.15) is 9.40 Å². The molecule has 1 atom stereocenters. The smallest absolute Gasteiger partial charge is 0.246 e. The van der Waals surface area contributed by atoms with Crippen LogP contribution in [0.2, 0.25) is 0 Å². The molecule has 8 heteroatoms. The van der Waals surface area contributed by atoms with Crippen LogP contribution < -0.4 is 0 Å². The molecule has 1 aromatic heterocycles. The molecule has 20 heavy (non-hydrogen) atoms. The lowest BCUT2D eigenvalue weighted by Crippen LogP contribution is -2.43. The molecule has 0 radical (unpaired) electrons. The average molecular weight is 323 g/mol. The highest BCUT2D eigenvalue weighted by atomic mass is 35.5. The van der Waals surface area contributed by atoms with Gasteiger partial charge >= 0.3 is 0 Å². The van der Waals surface area contributed by atoms with Crippen molar-refractivity contribution in [1.82, 2.24) is 19.0 Å². The van der Waals surface area contributed by atoms with E-state index in [1.54, 1.807) is 4.68 Å². The van der Waals surface area contributed by atoms with Crippen molar-refractivity contribution >= 4 is 21.6 Å². The summed E-state index contributed by atoms with van der Waals surface area (Å²) in [5.74, 6) is 0.399. The molecule has 0 amide bonds. The Balaban J connectivity index is 2.98. The van der Waals surface area contributed by atoms with E-state index in [0.29, 0.717) is 25.5 Å². The minimum atomic E-state index is -3.51. The highest BCUT2D eigenvalue weighted by Crippen LogP contribution is 2.17. The lowest BCUT2D eigenvalue weighted by Gasteiger charge is -2.28. The number of aryl methyl sites for hydroxylation is 1. The number of sulfonamides is 1. The van der Waals surface area contributed by atoms with Gasteiger partial charge in [0.05, 0.1) is 12.7 Å². The lowest BCUT2D eigenvalue weighted by atomic mass is 10.3. The molecular formula is C12H23ClN4O2S. The van der Waals surface area contributed by atoms with E-state index in [-0.39, 0.29) is 10.9 Å². The maximum absolute atomic E-state index is 12.6. The fraction of sp³-hybridized carbons (Fsp3) is 0.750. The predicted octanol–water partition coefficient (Wildman–Crippen LogP) is 1.08. The summed E-state index contributed by atoms with van der Waals surface area (Å²) in [7, 11) is 0.339. The van der Waals surface area contributed by atoms with Crippen LogP contribution in [0.5, 0.6) is 0 Å². The van der Waals surface area contributed by atoms with E-state index in [1.807, 2.05) is 32.8 Å². The maximum Gasteiger partial charge on any atom is 0.246 e. The molecule has 0 spiro atoms. The number of likely N-dealkylation sites (N-methyl/N-ethyl adjacent to an activating group) is 2. The molecule has 0 aliphatic rings. The van der Waals surface area contributed by atoms with Crippen LogP contribution >= 0.6 is 11.6 Å². The number of hydrogen-bond acceptors (Lipinski definition) is 4. The van der Waals surface area contributed by atoms with Crippen LogP contribution in [-0.4, -0.2) is 66.5 Å². The van der Waals surface area contributed by atoms with Gasteiger partial charge in [-0.25, -0.2) is 8.42 Å². The van der Waals surface area contributed by atoms with Crippen LogP contribution in [0.25, 0.3) is 0 Å². The SMILES string of the molecule is CCN(C(C)CN(C)C)S(=O)(=O)c1cnn(CCCl)c1. The van der Waals surface area contributed by atoms with Crippen LogP contribution in [0, 0.1) is 0 Å². The number of alkyl halides is 1. The zero-order valence-electron chi connectivity index (χ0n) is 12.5. The standard InChI is InChI=1S/C12H23ClN4O2S/c1-5-17(11(2)9-15(3)4)20(18,19)12-8-14-16(10-12)7-6-13/h8,10-11H,5-7,9H2,1-4H3. The molecule has 116 valence electrons. The van der Waals surface area contributed by atoms with Gasteiger partial charge in [0, 0.05) is 31.2 Å². The molecule has 0 fully saturated rings. The number of nitrogens with zero attached hydrogens (tertiary/aromatic N) is 4. The summed E-state index contributed by atoms with van der Waals surface area (Å²) in [5.41, 5.74) is 0. The van der Waals surface area contributed by atoms with Crippen LogP contribution in [0.1, 0.15) is 13.8 Å². The molecule has 0 aromatic carbocycles. The number of aromatic nitrogens is 2. The number of halogens is 1. The monoisotopic (exact) mass is 322 g/mol. The molecule has 1 heterocycles. The van der Waals surface area contributed by atoms with E-state index in [1.165, 1.54) is 16.7 Å². The second-order valence-corrected chi connectivity index (χ2v) is 7.22. The molecule has 0 N–H and O–H groups in total.